The SMILES string of the molecule is COCCNC(=O)c1sc2ccccc2c1CC1CCCCN1c1ncccn1. The van der Waals surface area contributed by atoms with E-state index in [1.807, 2.05) is 18.2 Å². The van der Waals surface area contributed by atoms with E-state index in [0.717, 1.165) is 46.9 Å². The molecule has 2 aromatic heterocycles. The van der Waals surface area contributed by atoms with Crippen LogP contribution >= 0.6 is 11.3 Å². The van der Waals surface area contributed by atoms with E-state index >= 15 is 0 Å². The fraction of sp³-hybridized carbons (Fsp3) is 0.409. The molecule has 1 N–H and O–H groups in total. The number of carbonyl (C=O) groups is 1. The summed E-state index contributed by atoms with van der Waals surface area (Å²) in [5.41, 5.74) is 1.13. The summed E-state index contributed by atoms with van der Waals surface area (Å²) in [6.45, 7) is 1.97. The fourth-order valence-corrected chi connectivity index (χ4v) is 5.13. The molecule has 0 aliphatic carbocycles. The number of carbonyl (C=O) groups excluding carboxylic acids is 1. The first-order valence-corrected chi connectivity index (χ1v) is 10.9. The van der Waals surface area contributed by atoms with Gasteiger partial charge in [0.1, 0.15) is 0 Å². The second-order valence-electron chi connectivity index (χ2n) is 7.25. The van der Waals surface area contributed by atoms with Crippen molar-refractivity contribution in [3.05, 3.63) is 53.2 Å². The van der Waals surface area contributed by atoms with Gasteiger partial charge in [-0.15, -0.1) is 11.3 Å². The summed E-state index contributed by atoms with van der Waals surface area (Å²) in [5, 5.41) is 4.16. The van der Waals surface area contributed by atoms with Crippen LogP contribution in [-0.4, -0.2) is 48.7 Å². The van der Waals surface area contributed by atoms with Crippen LogP contribution in [-0.2, 0) is 11.2 Å². The largest absolute Gasteiger partial charge is 0.383 e. The highest BCUT2D eigenvalue weighted by molar-refractivity contribution is 7.21. The van der Waals surface area contributed by atoms with Crippen molar-refractivity contribution in [1.82, 2.24) is 15.3 Å². The molecule has 1 saturated heterocycles. The molecule has 3 heterocycles. The highest BCUT2D eigenvalue weighted by Crippen LogP contribution is 2.34. The van der Waals surface area contributed by atoms with Crippen LogP contribution in [0.3, 0.4) is 0 Å². The van der Waals surface area contributed by atoms with Gasteiger partial charge in [-0.05, 0) is 48.8 Å². The van der Waals surface area contributed by atoms with Gasteiger partial charge >= 0.3 is 0 Å². The number of ether oxygens (including phenoxy) is 1. The molecule has 1 unspecified atom stereocenters. The number of amides is 1. The Morgan fingerprint density at radius 3 is 2.90 bits per heavy atom. The lowest BCUT2D eigenvalue weighted by Crippen LogP contribution is -2.42. The molecule has 3 aromatic rings. The number of piperidine rings is 1. The zero-order valence-corrected chi connectivity index (χ0v) is 17.5. The molecule has 0 radical (unpaired) electrons. The van der Waals surface area contributed by atoms with Crippen LogP contribution in [0.1, 0.15) is 34.5 Å². The summed E-state index contributed by atoms with van der Waals surface area (Å²) in [5.74, 6) is 0.763. The number of rotatable bonds is 7. The fourth-order valence-electron chi connectivity index (χ4n) is 3.98. The third kappa shape index (κ3) is 4.41. The van der Waals surface area contributed by atoms with Crippen molar-refractivity contribution in [1.29, 1.82) is 0 Å². The van der Waals surface area contributed by atoms with E-state index in [1.165, 1.54) is 11.8 Å². The second kappa shape index (κ2) is 9.33. The smallest absolute Gasteiger partial charge is 0.261 e. The third-order valence-corrected chi connectivity index (χ3v) is 6.58. The summed E-state index contributed by atoms with van der Waals surface area (Å²) >= 11 is 1.57. The number of anilines is 1. The van der Waals surface area contributed by atoms with Crippen molar-refractivity contribution in [2.75, 3.05) is 31.7 Å². The Hall–Kier alpha value is -2.51. The Morgan fingerprint density at radius 1 is 1.24 bits per heavy atom. The molecule has 1 atom stereocenters. The van der Waals surface area contributed by atoms with Crippen molar-refractivity contribution < 1.29 is 9.53 Å². The Bertz CT molecular complexity index is 960. The first-order valence-electron chi connectivity index (χ1n) is 10.1. The standard InChI is InChI=1S/C22H26N4O2S/c1-28-14-12-23-21(27)20-18(17-8-2-3-9-19(17)29-20)15-16-7-4-5-13-26(16)22-24-10-6-11-25-22/h2-3,6,8-11,16H,4-5,7,12-15H2,1H3,(H,23,27). The van der Waals surface area contributed by atoms with Gasteiger partial charge in [-0.1, -0.05) is 18.2 Å². The molecule has 7 heteroatoms. The Balaban J connectivity index is 1.65. The van der Waals surface area contributed by atoms with Crippen LogP contribution in [0.4, 0.5) is 5.95 Å². The molecule has 29 heavy (non-hydrogen) atoms. The molecular formula is C22H26N4O2S. The zero-order chi connectivity index (χ0) is 20.1. The van der Waals surface area contributed by atoms with E-state index in [1.54, 1.807) is 30.8 Å². The number of nitrogens with one attached hydrogen (secondary N) is 1. The average molecular weight is 411 g/mol. The predicted molar refractivity (Wildman–Crippen MR) is 117 cm³/mol. The molecule has 0 spiro atoms. The van der Waals surface area contributed by atoms with Crippen molar-refractivity contribution in [3.8, 4) is 0 Å². The van der Waals surface area contributed by atoms with Crippen LogP contribution in [0.25, 0.3) is 10.1 Å². The summed E-state index contributed by atoms with van der Waals surface area (Å²) in [6.07, 6.45) is 7.81. The molecule has 1 aromatic carbocycles. The predicted octanol–water partition coefficient (Wildman–Crippen LogP) is 3.67. The average Bonchev–Trinajstić information content (AvgIpc) is 3.13. The van der Waals surface area contributed by atoms with E-state index in [-0.39, 0.29) is 11.9 Å². The van der Waals surface area contributed by atoms with E-state index in [4.69, 9.17) is 4.74 Å². The molecule has 0 bridgehead atoms. The lowest BCUT2D eigenvalue weighted by Gasteiger charge is -2.36. The highest BCUT2D eigenvalue weighted by Gasteiger charge is 2.28. The van der Waals surface area contributed by atoms with Gasteiger partial charge in [0.05, 0.1) is 11.5 Å². The van der Waals surface area contributed by atoms with Gasteiger partial charge in [-0.3, -0.25) is 4.79 Å². The molecule has 152 valence electrons. The molecular weight excluding hydrogens is 384 g/mol. The first-order chi connectivity index (χ1) is 14.3. The van der Waals surface area contributed by atoms with E-state index in [9.17, 15) is 4.79 Å². The molecule has 1 fully saturated rings. The second-order valence-corrected chi connectivity index (χ2v) is 8.30. The number of hydrogen-bond donors (Lipinski definition) is 1. The van der Waals surface area contributed by atoms with Gasteiger partial charge in [-0.25, -0.2) is 9.97 Å². The summed E-state index contributed by atoms with van der Waals surface area (Å²) in [4.78, 5) is 25.0. The Labute approximate surface area is 174 Å². The van der Waals surface area contributed by atoms with Crippen LogP contribution in [0, 0.1) is 0 Å². The zero-order valence-electron chi connectivity index (χ0n) is 16.6. The minimum Gasteiger partial charge on any atom is -0.383 e. The van der Waals surface area contributed by atoms with Gasteiger partial charge in [0.25, 0.3) is 5.91 Å². The van der Waals surface area contributed by atoms with E-state index in [2.05, 4.69) is 32.3 Å². The van der Waals surface area contributed by atoms with Crippen molar-refractivity contribution in [3.63, 3.8) is 0 Å². The summed E-state index contributed by atoms with van der Waals surface area (Å²) in [7, 11) is 1.64. The maximum Gasteiger partial charge on any atom is 0.261 e. The third-order valence-electron chi connectivity index (χ3n) is 5.37. The molecule has 6 nitrogen and oxygen atoms in total. The lowest BCUT2D eigenvalue weighted by atomic mass is 9.94. The number of aromatic nitrogens is 2. The van der Waals surface area contributed by atoms with Crippen molar-refractivity contribution >= 4 is 33.3 Å². The maximum absolute atomic E-state index is 12.9. The monoisotopic (exact) mass is 410 g/mol. The molecule has 1 aliphatic heterocycles. The first kappa shape index (κ1) is 19.8. The number of hydrogen-bond acceptors (Lipinski definition) is 6. The van der Waals surface area contributed by atoms with Crippen LogP contribution < -0.4 is 10.2 Å². The maximum atomic E-state index is 12.9. The van der Waals surface area contributed by atoms with Crippen LogP contribution in [0.15, 0.2) is 42.7 Å². The van der Waals surface area contributed by atoms with Crippen molar-refractivity contribution in [2.24, 2.45) is 0 Å². The number of nitrogens with zero attached hydrogens (tertiary/aromatic N) is 3. The molecule has 0 saturated carbocycles. The Kier molecular flexibility index (Phi) is 6.36. The highest BCUT2D eigenvalue weighted by atomic mass is 32.1. The van der Waals surface area contributed by atoms with Gasteiger partial charge < -0.3 is 15.0 Å². The molecule has 1 amide bonds. The van der Waals surface area contributed by atoms with Crippen LogP contribution in [0.5, 0.6) is 0 Å². The number of fused-ring (bicyclic) bond motifs is 1. The Morgan fingerprint density at radius 2 is 2.07 bits per heavy atom. The number of benzene rings is 1. The molecule has 4 rings (SSSR count). The van der Waals surface area contributed by atoms with Crippen LogP contribution in [0.2, 0.25) is 0 Å². The van der Waals surface area contributed by atoms with Gasteiger partial charge in [0, 0.05) is 43.3 Å². The van der Waals surface area contributed by atoms with Gasteiger partial charge in [0.2, 0.25) is 5.95 Å². The van der Waals surface area contributed by atoms with Gasteiger partial charge in [-0.2, -0.15) is 0 Å². The van der Waals surface area contributed by atoms with Crippen molar-refractivity contribution in [2.45, 2.75) is 31.7 Å². The molecule has 1 aliphatic rings. The minimum absolute atomic E-state index is 0.0171. The van der Waals surface area contributed by atoms with E-state index in [0.29, 0.717) is 13.2 Å². The lowest BCUT2D eigenvalue weighted by molar-refractivity contribution is 0.0940. The number of methoxy groups -OCH3 is 1. The summed E-state index contributed by atoms with van der Waals surface area (Å²) < 4.78 is 6.22. The number of thiophene rings is 1. The normalized spacial score (nSPS) is 16.9. The van der Waals surface area contributed by atoms with E-state index < -0.39 is 0 Å². The topological polar surface area (TPSA) is 67.3 Å². The minimum atomic E-state index is -0.0171. The quantitative estimate of drug-likeness (QED) is 0.602. The summed E-state index contributed by atoms with van der Waals surface area (Å²) in [6, 6.07) is 10.4. The van der Waals surface area contributed by atoms with Gasteiger partial charge in [0.15, 0.2) is 0 Å².